The molecule has 4 aromatic carbocycles. The molecule has 0 aliphatic carbocycles. The highest BCUT2D eigenvalue weighted by molar-refractivity contribution is 7.92. The van der Waals surface area contributed by atoms with E-state index < -0.39 is 21.8 Å². The summed E-state index contributed by atoms with van der Waals surface area (Å²) in [6, 6.07) is 27.5. The summed E-state index contributed by atoms with van der Waals surface area (Å²) in [5, 5.41) is 7.73. The van der Waals surface area contributed by atoms with E-state index in [9.17, 15) is 22.8 Å². The minimum Gasteiger partial charge on any atom is -0.455 e. The molecule has 0 saturated carbocycles. The van der Waals surface area contributed by atoms with Gasteiger partial charge < -0.3 is 20.7 Å². The van der Waals surface area contributed by atoms with E-state index in [1.807, 2.05) is 6.07 Å². The van der Waals surface area contributed by atoms with Gasteiger partial charge in [0, 0.05) is 12.5 Å². The van der Waals surface area contributed by atoms with Crippen LogP contribution in [0.2, 0.25) is 0 Å². The van der Waals surface area contributed by atoms with Crippen LogP contribution in [0.15, 0.2) is 108 Å². The van der Waals surface area contributed by atoms with E-state index in [0.29, 0.717) is 22.9 Å². The van der Waals surface area contributed by atoms with Crippen molar-refractivity contribution in [1.29, 1.82) is 0 Å². The van der Waals surface area contributed by atoms with Gasteiger partial charge in [0.1, 0.15) is 5.75 Å². The van der Waals surface area contributed by atoms with Crippen molar-refractivity contribution in [2.45, 2.75) is 11.8 Å². The number of carbonyl (C=O) groups is 3. The molecule has 204 valence electrons. The number of carbonyl (C=O) groups excluding carboxylic acids is 3. The van der Waals surface area contributed by atoms with Gasteiger partial charge in [0.25, 0.3) is 15.9 Å². The highest BCUT2D eigenvalue weighted by Gasteiger charge is 2.18. The van der Waals surface area contributed by atoms with Crippen molar-refractivity contribution in [2.24, 2.45) is 0 Å². The summed E-state index contributed by atoms with van der Waals surface area (Å²) in [5.74, 6) is -0.489. The maximum absolute atomic E-state index is 13.0. The quantitative estimate of drug-likeness (QED) is 0.224. The van der Waals surface area contributed by atoms with Gasteiger partial charge in [-0.05, 0) is 60.7 Å². The molecular weight excluding hydrogens is 532 g/mol. The fraction of sp³-hybridized carbons (Fsp3) is 0.0690. The van der Waals surface area contributed by atoms with Crippen molar-refractivity contribution >= 4 is 44.8 Å². The summed E-state index contributed by atoms with van der Waals surface area (Å²) in [7, 11) is -4.00. The molecule has 40 heavy (non-hydrogen) atoms. The fourth-order valence-corrected chi connectivity index (χ4v) is 4.66. The molecule has 4 aromatic rings. The van der Waals surface area contributed by atoms with Crippen molar-refractivity contribution < 1.29 is 27.5 Å². The Labute approximate surface area is 231 Å². The Morgan fingerprint density at radius 3 is 1.93 bits per heavy atom. The second-order valence-corrected chi connectivity index (χ2v) is 10.2. The van der Waals surface area contributed by atoms with E-state index in [1.54, 1.807) is 72.8 Å². The van der Waals surface area contributed by atoms with Crippen molar-refractivity contribution in [3.8, 4) is 11.5 Å². The van der Waals surface area contributed by atoms with Crippen LogP contribution in [-0.2, 0) is 19.6 Å². The van der Waals surface area contributed by atoms with Crippen molar-refractivity contribution in [3.05, 3.63) is 109 Å². The topological polar surface area (TPSA) is 143 Å². The average molecular weight is 559 g/mol. The van der Waals surface area contributed by atoms with Crippen LogP contribution in [0.5, 0.6) is 11.5 Å². The number of anilines is 3. The molecule has 11 heteroatoms. The van der Waals surface area contributed by atoms with Crippen molar-refractivity contribution in [2.75, 3.05) is 21.9 Å². The first-order chi connectivity index (χ1) is 19.2. The Morgan fingerprint density at radius 1 is 0.700 bits per heavy atom. The summed E-state index contributed by atoms with van der Waals surface area (Å²) in [6.45, 7) is 1.01. The fourth-order valence-electron chi connectivity index (χ4n) is 3.59. The number of benzene rings is 4. The summed E-state index contributed by atoms with van der Waals surface area (Å²) in [6.07, 6.45) is 0. The molecule has 3 amide bonds. The van der Waals surface area contributed by atoms with E-state index in [4.69, 9.17) is 4.74 Å². The van der Waals surface area contributed by atoms with Gasteiger partial charge >= 0.3 is 0 Å². The molecule has 0 aliphatic heterocycles. The van der Waals surface area contributed by atoms with E-state index in [0.717, 1.165) is 0 Å². The highest BCUT2D eigenvalue weighted by Crippen LogP contribution is 2.31. The Balaban J connectivity index is 1.37. The molecular formula is C29H26N4O6S. The molecule has 0 radical (unpaired) electrons. The summed E-state index contributed by atoms with van der Waals surface area (Å²) in [4.78, 5) is 36.2. The maximum Gasteiger partial charge on any atom is 0.262 e. The van der Waals surface area contributed by atoms with Crippen LogP contribution >= 0.6 is 0 Å². The molecule has 0 aliphatic rings. The molecule has 4 rings (SSSR count). The lowest BCUT2D eigenvalue weighted by Gasteiger charge is -2.14. The monoisotopic (exact) mass is 558 g/mol. The van der Waals surface area contributed by atoms with Gasteiger partial charge in [-0.25, -0.2) is 8.42 Å². The zero-order valence-electron chi connectivity index (χ0n) is 21.4. The van der Waals surface area contributed by atoms with Crippen molar-refractivity contribution in [3.63, 3.8) is 0 Å². The Kier molecular flexibility index (Phi) is 8.77. The lowest BCUT2D eigenvalue weighted by molar-refractivity contribution is -0.115. The number of rotatable bonds is 10. The van der Waals surface area contributed by atoms with Crippen LogP contribution in [0.1, 0.15) is 17.3 Å². The van der Waals surface area contributed by atoms with Crippen LogP contribution in [-0.4, -0.2) is 32.7 Å². The number of sulfonamides is 1. The normalized spacial score (nSPS) is 10.7. The van der Waals surface area contributed by atoms with Gasteiger partial charge in [-0.2, -0.15) is 0 Å². The molecule has 4 N–H and O–H groups in total. The Hall–Kier alpha value is -5.16. The third kappa shape index (κ3) is 7.45. The first-order valence-corrected chi connectivity index (χ1v) is 13.6. The van der Waals surface area contributed by atoms with Gasteiger partial charge in [0.05, 0.1) is 28.5 Å². The molecule has 0 heterocycles. The van der Waals surface area contributed by atoms with Crippen LogP contribution in [0, 0.1) is 0 Å². The SMILES string of the molecule is CC(=O)Nc1ccccc1NC(=O)CNC(=O)c1ccc(S(=O)(=O)Nc2ccccc2Oc2ccccc2)cc1. The minimum absolute atomic E-state index is 0.0640. The molecule has 0 bridgehead atoms. The molecule has 0 aromatic heterocycles. The molecule has 0 unspecified atom stereocenters. The Bertz CT molecular complexity index is 1620. The molecule has 0 saturated heterocycles. The molecule has 0 atom stereocenters. The zero-order chi connectivity index (χ0) is 28.5. The third-order valence-electron chi connectivity index (χ3n) is 5.45. The first kappa shape index (κ1) is 27.9. The number of ether oxygens (including phenoxy) is 1. The smallest absolute Gasteiger partial charge is 0.262 e. The van der Waals surface area contributed by atoms with Gasteiger partial charge in [-0.1, -0.05) is 42.5 Å². The van der Waals surface area contributed by atoms with Crippen LogP contribution in [0.25, 0.3) is 0 Å². The first-order valence-electron chi connectivity index (χ1n) is 12.1. The van der Waals surface area contributed by atoms with Gasteiger partial charge in [0.15, 0.2) is 5.75 Å². The van der Waals surface area contributed by atoms with Crippen LogP contribution in [0.4, 0.5) is 17.1 Å². The predicted molar refractivity (Wildman–Crippen MR) is 152 cm³/mol. The third-order valence-corrected chi connectivity index (χ3v) is 6.83. The molecule has 0 fully saturated rings. The van der Waals surface area contributed by atoms with E-state index >= 15 is 0 Å². The average Bonchev–Trinajstić information content (AvgIpc) is 2.94. The number of hydrogen-bond donors (Lipinski definition) is 4. The van der Waals surface area contributed by atoms with Gasteiger partial charge in [-0.3, -0.25) is 19.1 Å². The lowest BCUT2D eigenvalue weighted by Crippen LogP contribution is -2.33. The largest absolute Gasteiger partial charge is 0.455 e. The summed E-state index contributed by atoms with van der Waals surface area (Å²) in [5.41, 5.74) is 1.22. The van der Waals surface area contributed by atoms with E-state index in [2.05, 4.69) is 20.7 Å². The predicted octanol–water partition coefficient (Wildman–Crippen LogP) is 4.61. The zero-order valence-corrected chi connectivity index (χ0v) is 22.2. The summed E-state index contributed by atoms with van der Waals surface area (Å²) >= 11 is 0. The highest BCUT2D eigenvalue weighted by atomic mass is 32.2. The van der Waals surface area contributed by atoms with Gasteiger partial charge in [-0.15, -0.1) is 0 Å². The number of para-hydroxylation sites is 5. The van der Waals surface area contributed by atoms with Gasteiger partial charge in [0.2, 0.25) is 11.8 Å². The number of hydrogen-bond acceptors (Lipinski definition) is 6. The Morgan fingerprint density at radius 2 is 1.27 bits per heavy atom. The molecule has 0 spiro atoms. The van der Waals surface area contributed by atoms with Crippen LogP contribution in [0.3, 0.4) is 0 Å². The second kappa shape index (κ2) is 12.6. The maximum atomic E-state index is 13.0. The standard InChI is InChI=1S/C29H26N4O6S/c1-20(34)31-24-11-5-6-12-25(24)32-28(35)19-30-29(36)21-15-17-23(18-16-21)40(37,38)33-26-13-7-8-14-27(26)39-22-9-3-2-4-10-22/h2-18,33H,19H2,1H3,(H,30,36)(H,31,34)(H,32,35). The van der Waals surface area contributed by atoms with Crippen molar-refractivity contribution in [1.82, 2.24) is 5.32 Å². The number of amides is 3. The van der Waals surface area contributed by atoms with Crippen LogP contribution < -0.4 is 25.4 Å². The van der Waals surface area contributed by atoms with E-state index in [-0.39, 0.29) is 28.6 Å². The second-order valence-electron chi connectivity index (χ2n) is 8.50. The number of nitrogens with one attached hydrogen (secondary N) is 4. The molecule has 10 nitrogen and oxygen atoms in total. The lowest BCUT2D eigenvalue weighted by atomic mass is 10.2. The summed E-state index contributed by atoms with van der Waals surface area (Å²) < 4.78 is 34.4. The minimum atomic E-state index is -4.00. The van der Waals surface area contributed by atoms with E-state index in [1.165, 1.54) is 31.2 Å².